The van der Waals surface area contributed by atoms with Crippen LogP contribution in [-0.4, -0.2) is 4.98 Å². The maximum absolute atomic E-state index is 5.94. The van der Waals surface area contributed by atoms with Crippen molar-refractivity contribution in [3.05, 3.63) is 29.0 Å². The molecule has 12 heavy (non-hydrogen) atoms. The van der Waals surface area contributed by atoms with Gasteiger partial charge in [-0.25, -0.2) is 0 Å². The molecule has 0 fully saturated rings. The monoisotopic (exact) mass is 183 g/mol. The molecule has 0 amide bonds. The predicted molar refractivity (Wildman–Crippen MR) is 52.5 cm³/mol. The molecule has 1 aromatic heterocycles. The van der Waals surface area contributed by atoms with Crippen molar-refractivity contribution in [3.63, 3.8) is 0 Å². The second-order valence-corrected chi connectivity index (χ2v) is 3.33. The van der Waals surface area contributed by atoms with Gasteiger partial charge in [0.25, 0.3) is 0 Å². The summed E-state index contributed by atoms with van der Waals surface area (Å²) in [7, 11) is 0. The largest absolute Gasteiger partial charge is 0.263 e. The molecule has 0 bridgehead atoms. The van der Waals surface area contributed by atoms with Gasteiger partial charge in [-0.15, -0.1) is 0 Å². The molecule has 66 valence electrons. The van der Waals surface area contributed by atoms with Crippen LogP contribution < -0.4 is 0 Å². The van der Waals surface area contributed by atoms with E-state index in [9.17, 15) is 0 Å². The topological polar surface area (TPSA) is 12.9 Å². The quantitative estimate of drug-likeness (QED) is 0.652. The van der Waals surface area contributed by atoms with Crippen LogP contribution in [-0.2, 0) is 6.42 Å². The maximum atomic E-state index is 5.94. The van der Waals surface area contributed by atoms with Gasteiger partial charge < -0.3 is 0 Å². The van der Waals surface area contributed by atoms with E-state index in [4.69, 9.17) is 11.6 Å². The van der Waals surface area contributed by atoms with Gasteiger partial charge in [-0.05, 0) is 24.5 Å². The molecule has 0 radical (unpaired) electrons. The highest BCUT2D eigenvalue weighted by Gasteiger charge is 1.97. The van der Waals surface area contributed by atoms with Crippen molar-refractivity contribution in [2.24, 2.45) is 0 Å². The molecule has 0 aliphatic rings. The summed E-state index contributed by atoms with van der Waals surface area (Å²) in [5.41, 5.74) is 1.22. The summed E-state index contributed by atoms with van der Waals surface area (Å²) in [4.78, 5) is 3.94. The molecule has 0 aliphatic carbocycles. The molecule has 1 rings (SSSR count). The van der Waals surface area contributed by atoms with E-state index in [1.807, 2.05) is 6.07 Å². The van der Waals surface area contributed by atoms with Gasteiger partial charge in [0.05, 0.1) is 5.02 Å². The van der Waals surface area contributed by atoms with Gasteiger partial charge in [0.1, 0.15) is 0 Å². The summed E-state index contributed by atoms with van der Waals surface area (Å²) >= 11 is 5.94. The molecule has 0 N–H and O–H groups in total. The first-order chi connectivity index (χ1) is 5.84. The SMILES string of the molecule is CCCCCc1ccncc1Cl. The van der Waals surface area contributed by atoms with Crippen LogP contribution in [0.25, 0.3) is 0 Å². The summed E-state index contributed by atoms with van der Waals surface area (Å²) in [6, 6.07) is 2.00. The number of pyridine rings is 1. The third-order valence-corrected chi connectivity index (χ3v) is 2.25. The van der Waals surface area contributed by atoms with Crippen molar-refractivity contribution < 1.29 is 0 Å². The molecular weight excluding hydrogens is 170 g/mol. The van der Waals surface area contributed by atoms with E-state index in [0.29, 0.717) is 0 Å². The fraction of sp³-hybridized carbons (Fsp3) is 0.500. The molecule has 0 unspecified atom stereocenters. The zero-order valence-electron chi connectivity index (χ0n) is 7.39. The van der Waals surface area contributed by atoms with E-state index >= 15 is 0 Å². The molecule has 0 atom stereocenters. The maximum Gasteiger partial charge on any atom is 0.0621 e. The van der Waals surface area contributed by atoms with E-state index < -0.39 is 0 Å². The van der Waals surface area contributed by atoms with E-state index in [1.54, 1.807) is 12.4 Å². The lowest BCUT2D eigenvalue weighted by atomic mass is 10.1. The van der Waals surface area contributed by atoms with Gasteiger partial charge in [-0.1, -0.05) is 31.4 Å². The van der Waals surface area contributed by atoms with Crippen LogP contribution in [0, 0.1) is 0 Å². The number of aromatic nitrogens is 1. The lowest BCUT2D eigenvalue weighted by Crippen LogP contribution is -1.87. The Hall–Kier alpha value is -0.560. The highest BCUT2D eigenvalue weighted by Crippen LogP contribution is 2.15. The lowest BCUT2D eigenvalue weighted by Gasteiger charge is -2.01. The van der Waals surface area contributed by atoms with Crippen molar-refractivity contribution in [3.8, 4) is 0 Å². The summed E-state index contributed by atoms with van der Waals surface area (Å²) in [5, 5.41) is 0.800. The molecule has 0 spiro atoms. The standard InChI is InChI=1S/C10H14ClN/c1-2-3-4-5-9-6-7-12-8-10(9)11/h6-8H,2-5H2,1H3. The molecule has 0 saturated heterocycles. The highest BCUT2D eigenvalue weighted by atomic mass is 35.5. The summed E-state index contributed by atoms with van der Waals surface area (Å²) < 4.78 is 0. The first-order valence-electron chi connectivity index (χ1n) is 4.43. The molecule has 1 aromatic rings. The lowest BCUT2D eigenvalue weighted by molar-refractivity contribution is 0.717. The second kappa shape index (κ2) is 5.15. The number of rotatable bonds is 4. The smallest absolute Gasteiger partial charge is 0.0621 e. The van der Waals surface area contributed by atoms with Gasteiger partial charge in [0.15, 0.2) is 0 Å². The predicted octanol–water partition coefficient (Wildman–Crippen LogP) is 3.47. The minimum Gasteiger partial charge on any atom is -0.263 e. The Morgan fingerprint density at radius 2 is 2.25 bits per heavy atom. The molecule has 0 aromatic carbocycles. The third-order valence-electron chi connectivity index (χ3n) is 1.91. The third kappa shape index (κ3) is 2.82. The average molecular weight is 184 g/mol. The number of hydrogen-bond acceptors (Lipinski definition) is 1. The van der Waals surface area contributed by atoms with E-state index in [1.165, 1.54) is 24.8 Å². The minimum absolute atomic E-state index is 0.800. The van der Waals surface area contributed by atoms with Gasteiger partial charge in [0.2, 0.25) is 0 Å². The van der Waals surface area contributed by atoms with E-state index in [0.717, 1.165) is 11.4 Å². The van der Waals surface area contributed by atoms with Gasteiger partial charge in [-0.2, -0.15) is 0 Å². The Balaban J connectivity index is 2.46. The Kier molecular flexibility index (Phi) is 4.09. The van der Waals surface area contributed by atoms with Crippen molar-refractivity contribution >= 4 is 11.6 Å². The zero-order valence-corrected chi connectivity index (χ0v) is 8.14. The molecule has 0 saturated carbocycles. The molecule has 1 heterocycles. The van der Waals surface area contributed by atoms with E-state index in [2.05, 4.69) is 11.9 Å². The van der Waals surface area contributed by atoms with Crippen LogP contribution in [0.15, 0.2) is 18.5 Å². The second-order valence-electron chi connectivity index (χ2n) is 2.92. The number of halogens is 1. The summed E-state index contributed by atoms with van der Waals surface area (Å²) in [6.07, 6.45) is 8.34. The summed E-state index contributed by atoms with van der Waals surface area (Å²) in [5.74, 6) is 0. The van der Waals surface area contributed by atoms with Crippen molar-refractivity contribution in [2.45, 2.75) is 32.6 Å². The molecule has 1 nitrogen and oxygen atoms in total. The minimum atomic E-state index is 0.800. The Morgan fingerprint density at radius 1 is 1.42 bits per heavy atom. The fourth-order valence-corrected chi connectivity index (χ4v) is 1.39. The first-order valence-corrected chi connectivity index (χ1v) is 4.80. The van der Waals surface area contributed by atoms with Crippen LogP contribution >= 0.6 is 11.6 Å². The number of nitrogens with zero attached hydrogens (tertiary/aromatic N) is 1. The van der Waals surface area contributed by atoms with Crippen molar-refractivity contribution in [1.29, 1.82) is 0 Å². The van der Waals surface area contributed by atoms with Crippen molar-refractivity contribution in [1.82, 2.24) is 4.98 Å². The van der Waals surface area contributed by atoms with Crippen LogP contribution in [0.3, 0.4) is 0 Å². The first kappa shape index (κ1) is 9.53. The van der Waals surface area contributed by atoms with E-state index in [-0.39, 0.29) is 0 Å². The van der Waals surface area contributed by atoms with Crippen LogP contribution in [0.5, 0.6) is 0 Å². The van der Waals surface area contributed by atoms with Gasteiger partial charge in [0, 0.05) is 12.4 Å². The Labute approximate surface area is 78.8 Å². The molecular formula is C10H14ClN. The number of unbranched alkanes of at least 4 members (excludes halogenated alkanes) is 2. The highest BCUT2D eigenvalue weighted by molar-refractivity contribution is 6.31. The molecule has 2 heteroatoms. The zero-order chi connectivity index (χ0) is 8.81. The Bertz CT molecular complexity index is 235. The van der Waals surface area contributed by atoms with Gasteiger partial charge in [-0.3, -0.25) is 4.98 Å². The van der Waals surface area contributed by atoms with Crippen LogP contribution in [0.2, 0.25) is 5.02 Å². The fourth-order valence-electron chi connectivity index (χ4n) is 1.17. The van der Waals surface area contributed by atoms with Crippen molar-refractivity contribution in [2.75, 3.05) is 0 Å². The average Bonchev–Trinajstić information content (AvgIpc) is 2.09. The van der Waals surface area contributed by atoms with Crippen LogP contribution in [0.1, 0.15) is 31.7 Å². The summed E-state index contributed by atoms with van der Waals surface area (Å²) in [6.45, 7) is 2.20. The Morgan fingerprint density at radius 3 is 2.92 bits per heavy atom. The molecule has 0 aliphatic heterocycles. The number of hydrogen-bond donors (Lipinski definition) is 0. The van der Waals surface area contributed by atoms with Gasteiger partial charge >= 0.3 is 0 Å². The van der Waals surface area contributed by atoms with Crippen LogP contribution in [0.4, 0.5) is 0 Å². The normalized spacial score (nSPS) is 10.2. The number of aryl methyl sites for hydroxylation is 1.